The number of rotatable bonds is 33. The summed E-state index contributed by atoms with van der Waals surface area (Å²) in [5.74, 6) is 0.395. The van der Waals surface area contributed by atoms with E-state index < -0.39 is 36.4 Å². The third kappa shape index (κ3) is 17.8. The number of unbranched alkanes of at least 4 members (excludes halogenated alkanes) is 1. The molecule has 73 heavy (non-hydrogen) atoms. The van der Waals surface area contributed by atoms with Crippen LogP contribution in [0, 0.1) is 46.3 Å². The summed E-state index contributed by atoms with van der Waals surface area (Å²) in [6.45, 7) is 15.7. The summed E-state index contributed by atoms with van der Waals surface area (Å²) in [5.41, 5.74) is 2.94. The second kappa shape index (κ2) is 29.5. The third-order valence-corrected chi connectivity index (χ3v) is 16.8. The second-order valence-corrected chi connectivity index (χ2v) is 22.1. The Hall–Kier alpha value is -4.58. The molecule has 10 atom stereocenters. The Balaban J connectivity index is 0.839. The maximum absolute atomic E-state index is 12.8. The lowest BCUT2D eigenvalue weighted by Gasteiger charge is -2.58. The Morgan fingerprint density at radius 3 is 1.90 bits per heavy atom. The fourth-order valence-electron chi connectivity index (χ4n) is 12.8. The molecule has 0 aromatic heterocycles. The number of aliphatic carboxylic acids is 3. The number of carboxylic acids is 3. The molecular formula is C56H88N4O13. The summed E-state index contributed by atoms with van der Waals surface area (Å²) in [4.78, 5) is 71.8. The molecule has 3 saturated carbocycles. The molecule has 0 aliphatic heterocycles. The van der Waals surface area contributed by atoms with Crippen molar-refractivity contribution in [1.82, 2.24) is 21.3 Å². The number of alkyl carbamates (subject to hydrolysis) is 1. The van der Waals surface area contributed by atoms with Crippen LogP contribution in [0.4, 0.5) is 4.79 Å². The Bertz CT molecular complexity index is 1980. The van der Waals surface area contributed by atoms with E-state index >= 15 is 0 Å². The highest BCUT2D eigenvalue weighted by atomic mass is 16.6. The fourth-order valence-corrected chi connectivity index (χ4v) is 12.8. The van der Waals surface area contributed by atoms with Gasteiger partial charge < -0.3 is 50.2 Å². The summed E-state index contributed by atoms with van der Waals surface area (Å²) in [6, 6.07) is 3.62. The largest absolute Gasteiger partial charge is 0.481 e. The number of carboxylic acid groups (broad SMARTS) is 3. The number of carbonyl (C=O) groups excluding carboxylic acids is 3. The van der Waals surface area contributed by atoms with E-state index in [4.69, 9.17) is 24.1 Å². The molecule has 410 valence electrons. The molecule has 3 fully saturated rings. The number of hydrogen-bond acceptors (Lipinski definition) is 11. The molecule has 1 aromatic rings. The van der Waals surface area contributed by atoms with Crippen LogP contribution < -0.4 is 21.3 Å². The van der Waals surface area contributed by atoms with Crippen molar-refractivity contribution in [2.75, 3.05) is 59.3 Å². The van der Waals surface area contributed by atoms with Crippen LogP contribution in [0.1, 0.15) is 164 Å². The van der Waals surface area contributed by atoms with E-state index in [-0.39, 0.29) is 62.0 Å². The molecule has 1 aromatic carbocycles. The first-order valence-electron chi connectivity index (χ1n) is 27.4. The molecule has 0 saturated heterocycles. The van der Waals surface area contributed by atoms with Crippen molar-refractivity contribution in [3.05, 3.63) is 47.0 Å². The van der Waals surface area contributed by atoms with Crippen LogP contribution in [0.5, 0.6) is 0 Å². The Morgan fingerprint density at radius 1 is 0.644 bits per heavy atom. The van der Waals surface area contributed by atoms with Crippen molar-refractivity contribution in [3.8, 4) is 0 Å². The molecule has 3 amide bonds. The number of amides is 3. The van der Waals surface area contributed by atoms with Crippen LogP contribution in [-0.4, -0.2) is 129 Å². The molecule has 0 radical (unpaired) electrons. The number of fused-ring (bicyclic) bond motifs is 5. The van der Waals surface area contributed by atoms with Crippen molar-refractivity contribution in [2.24, 2.45) is 46.3 Å². The summed E-state index contributed by atoms with van der Waals surface area (Å²) < 4.78 is 22.8. The molecule has 0 heterocycles. The van der Waals surface area contributed by atoms with Crippen LogP contribution >= 0.6 is 0 Å². The van der Waals surface area contributed by atoms with E-state index in [2.05, 4.69) is 62.0 Å². The average Bonchev–Trinajstić information content (AvgIpc) is 3.71. The zero-order chi connectivity index (χ0) is 53.0. The molecular weight excluding hydrogens is 937 g/mol. The fraction of sp³-hybridized carbons (Fsp3) is 0.750. The van der Waals surface area contributed by atoms with E-state index in [0.717, 1.165) is 54.8 Å². The van der Waals surface area contributed by atoms with Gasteiger partial charge in [-0.15, -0.1) is 0 Å². The van der Waals surface area contributed by atoms with Crippen molar-refractivity contribution in [3.63, 3.8) is 0 Å². The number of nitrogens with one attached hydrogen (secondary N) is 4. The Morgan fingerprint density at radius 2 is 1.26 bits per heavy atom. The number of benzene rings is 1. The van der Waals surface area contributed by atoms with Gasteiger partial charge in [-0.05, 0) is 148 Å². The maximum Gasteiger partial charge on any atom is 0.407 e. The molecule has 5 rings (SSSR count). The molecule has 7 N–H and O–H groups in total. The smallest absolute Gasteiger partial charge is 0.407 e. The highest BCUT2D eigenvalue weighted by molar-refractivity contribution is 5.97. The maximum atomic E-state index is 12.8. The lowest BCUT2D eigenvalue weighted by atomic mass is 9.47. The zero-order valence-corrected chi connectivity index (χ0v) is 44.4. The van der Waals surface area contributed by atoms with Crippen LogP contribution in [0.3, 0.4) is 0 Å². The van der Waals surface area contributed by atoms with Crippen molar-refractivity contribution in [1.29, 1.82) is 0 Å². The van der Waals surface area contributed by atoms with Gasteiger partial charge in [0, 0.05) is 50.2 Å². The molecule has 1 unspecified atom stereocenters. The normalized spacial score (nSPS) is 25.5. The van der Waals surface area contributed by atoms with Gasteiger partial charge in [0.1, 0.15) is 18.2 Å². The van der Waals surface area contributed by atoms with Crippen LogP contribution in [0.2, 0.25) is 0 Å². The minimum absolute atomic E-state index is 0.0739. The highest BCUT2D eigenvalue weighted by Gasteiger charge is 2.59. The van der Waals surface area contributed by atoms with Gasteiger partial charge in [0.25, 0.3) is 11.8 Å². The van der Waals surface area contributed by atoms with Crippen LogP contribution in [0.25, 0.3) is 0 Å². The Kier molecular flexibility index (Phi) is 24.0. The molecule has 0 spiro atoms. The van der Waals surface area contributed by atoms with Gasteiger partial charge >= 0.3 is 24.0 Å². The molecule has 4 aliphatic carbocycles. The number of hydrogen-bond donors (Lipinski definition) is 7. The number of carbonyl (C=O) groups is 6. The first-order chi connectivity index (χ1) is 34.9. The quantitative estimate of drug-likeness (QED) is 0.0259. The topological polar surface area (TPSA) is 248 Å². The predicted molar refractivity (Wildman–Crippen MR) is 276 cm³/mol. The number of ether oxygens (including phenoxy) is 4. The SMILES string of the molecule is CC(C)CCC[C@@H](C)[C@H]1CC[C@H]2[C@@H]3CC=C4CC(OC(=O)NCCCOCCOCCOCCNC(=O)c5ccc(C(=O)NCCCC[C@H](N[C@@H](CCC(=O)O)C(=O)O)C(=O)O)cc5)CC[C@]4(C)[C@H]3CC[C@]12C. The highest BCUT2D eigenvalue weighted by Crippen LogP contribution is 2.67. The van der Waals surface area contributed by atoms with Gasteiger partial charge in [-0.1, -0.05) is 65.5 Å². The van der Waals surface area contributed by atoms with Gasteiger partial charge in [0.05, 0.1) is 33.0 Å². The number of allylic oxidation sites excluding steroid dienone is 1. The first-order valence-corrected chi connectivity index (χ1v) is 27.4. The summed E-state index contributed by atoms with van der Waals surface area (Å²) in [5, 5.41) is 38.5. The predicted octanol–water partition coefficient (Wildman–Crippen LogP) is 8.25. The Labute approximate surface area is 433 Å². The zero-order valence-electron chi connectivity index (χ0n) is 44.4. The minimum Gasteiger partial charge on any atom is -0.481 e. The standard InChI is InChI=1S/C56H88N4O13/c1-37(2)10-8-11-38(3)44-19-20-45-43-18-17-41-36-42(23-25-55(41,4)46(43)24-26-56(44,45)5)73-54(69)59-28-9-30-70-32-34-72-35-33-71-31-29-58-51(64)40-15-13-39(14-16-40)50(63)57-27-7-6-12-47(52(65)66)60-48(53(67)68)21-22-49(61)62/h13-17,37-38,42-48,60H,6-12,18-36H2,1-5H3,(H,57,63)(H,58,64)(H,59,69)(H,61,62)(H,65,66)(H,67,68)/t38-,42?,43+,44-,45+,46+,47+,48+,55+,56-/m1/s1. The van der Waals surface area contributed by atoms with E-state index in [1.807, 2.05) is 0 Å². The second-order valence-electron chi connectivity index (χ2n) is 22.1. The van der Waals surface area contributed by atoms with Gasteiger partial charge in [-0.3, -0.25) is 29.3 Å². The van der Waals surface area contributed by atoms with Crippen molar-refractivity contribution < 1.29 is 63.0 Å². The van der Waals surface area contributed by atoms with Crippen molar-refractivity contribution >= 4 is 35.8 Å². The molecule has 17 heteroatoms. The van der Waals surface area contributed by atoms with Gasteiger partial charge in [-0.2, -0.15) is 0 Å². The van der Waals surface area contributed by atoms with Gasteiger partial charge in [-0.25, -0.2) is 4.79 Å². The van der Waals surface area contributed by atoms with Crippen molar-refractivity contribution in [2.45, 2.75) is 162 Å². The lowest BCUT2D eigenvalue weighted by Crippen LogP contribution is -2.51. The van der Waals surface area contributed by atoms with E-state index in [1.165, 1.54) is 81.2 Å². The van der Waals surface area contributed by atoms with Crippen LogP contribution in [0.15, 0.2) is 35.9 Å². The summed E-state index contributed by atoms with van der Waals surface area (Å²) in [6.07, 6.45) is 16.7. The summed E-state index contributed by atoms with van der Waals surface area (Å²) in [7, 11) is 0. The van der Waals surface area contributed by atoms with E-state index in [9.17, 15) is 39.0 Å². The van der Waals surface area contributed by atoms with E-state index in [1.54, 1.807) is 0 Å². The summed E-state index contributed by atoms with van der Waals surface area (Å²) >= 11 is 0. The monoisotopic (exact) mass is 1020 g/mol. The van der Waals surface area contributed by atoms with Gasteiger partial charge in [0.15, 0.2) is 0 Å². The first kappa shape index (κ1) is 59.3. The molecule has 4 aliphatic rings. The van der Waals surface area contributed by atoms with Crippen LogP contribution in [-0.2, 0) is 33.3 Å². The molecule has 0 bridgehead atoms. The van der Waals surface area contributed by atoms with E-state index in [0.29, 0.717) is 75.4 Å². The molecule has 17 nitrogen and oxygen atoms in total. The third-order valence-electron chi connectivity index (χ3n) is 16.8. The lowest BCUT2D eigenvalue weighted by molar-refractivity contribution is -0.143. The minimum atomic E-state index is -1.33. The average molecular weight is 1030 g/mol. The van der Waals surface area contributed by atoms with Gasteiger partial charge in [0.2, 0.25) is 0 Å².